The molecular weight excluding hydrogens is 424 g/mol. The van der Waals surface area contributed by atoms with Crippen LogP contribution in [-0.2, 0) is 33.5 Å². The number of carboxylic acids is 1. The molecule has 0 saturated carbocycles. The van der Waals surface area contributed by atoms with Crippen LogP contribution in [-0.4, -0.2) is 22.4 Å². The van der Waals surface area contributed by atoms with Crippen LogP contribution in [0.15, 0.2) is 66.7 Å². The first-order valence-electron chi connectivity index (χ1n) is 9.18. The van der Waals surface area contributed by atoms with Crippen LogP contribution in [0.2, 0.25) is 5.02 Å². The zero-order valence-corrected chi connectivity index (χ0v) is 17.9. The summed E-state index contributed by atoms with van der Waals surface area (Å²) < 4.78 is 24.1. The van der Waals surface area contributed by atoms with E-state index < -0.39 is 16.8 Å². The SMILES string of the molecule is COc1ccc(CC(=O)O)cc1Oc1ccc(Cl)cc1CS(=O)Cc1ccccc1. The first kappa shape index (κ1) is 21.9. The van der Waals surface area contributed by atoms with Crippen molar-refractivity contribution in [3.8, 4) is 17.2 Å². The predicted molar refractivity (Wildman–Crippen MR) is 118 cm³/mol. The van der Waals surface area contributed by atoms with Gasteiger partial charge in [-0.1, -0.05) is 48.0 Å². The van der Waals surface area contributed by atoms with Gasteiger partial charge in [-0.25, -0.2) is 0 Å². The Morgan fingerprint density at radius 3 is 2.37 bits per heavy atom. The molecule has 0 bridgehead atoms. The number of aliphatic carboxylic acids is 1. The molecule has 1 unspecified atom stereocenters. The normalized spacial score (nSPS) is 11.7. The Hall–Kier alpha value is -2.83. The minimum atomic E-state index is -1.17. The fraction of sp³-hybridized carbons (Fsp3) is 0.174. The topological polar surface area (TPSA) is 72.8 Å². The van der Waals surface area contributed by atoms with E-state index in [2.05, 4.69) is 0 Å². The Morgan fingerprint density at radius 1 is 0.933 bits per heavy atom. The van der Waals surface area contributed by atoms with Crippen LogP contribution < -0.4 is 9.47 Å². The van der Waals surface area contributed by atoms with Crippen molar-refractivity contribution < 1.29 is 23.6 Å². The molecule has 0 aliphatic rings. The van der Waals surface area contributed by atoms with E-state index in [4.69, 9.17) is 26.2 Å². The number of halogens is 1. The van der Waals surface area contributed by atoms with E-state index in [1.165, 1.54) is 7.11 Å². The monoisotopic (exact) mass is 444 g/mol. The molecule has 156 valence electrons. The number of benzene rings is 3. The van der Waals surface area contributed by atoms with E-state index in [1.807, 2.05) is 30.3 Å². The van der Waals surface area contributed by atoms with Crippen molar-refractivity contribution in [2.24, 2.45) is 0 Å². The minimum absolute atomic E-state index is 0.130. The van der Waals surface area contributed by atoms with Gasteiger partial charge in [-0.3, -0.25) is 9.00 Å². The second-order valence-corrected chi connectivity index (χ2v) is 8.52. The van der Waals surface area contributed by atoms with Crippen LogP contribution in [0.4, 0.5) is 0 Å². The molecule has 0 aliphatic heterocycles. The summed E-state index contributed by atoms with van der Waals surface area (Å²) in [6, 6.07) is 19.7. The van der Waals surface area contributed by atoms with Gasteiger partial charge in [-0.15, -0.1) is 0 Å². The van der Waals surface area contributed by atoms with Crippen LogP contribution in [0, 0.1) is 0 Å². The summed E-state index contributed by atoms with van der Waals surface area (Å²) in [4.78, 5) is 11.0. The van der Waals surface area contributed by atoms with Crippen LogP contribution in [0.3, 0.4) is 0 Å². The summed E-state index contributed by atoms with van der Waals surface area (Å²) in [6.07, 6.45) is -0.130. The van der Waals surface area contributed by atoms with E-state index in [0.717, 1.165) is 5.56 Å². The molecule has 0 radical (unpaired) electrons. The Balaban J connectivity index is 1.85. The van der Waals surface area contributed by atoms with Crippen LogP contribution >= 0.6 is 11.6 Å². The number of carboxylic acid groups (broad SMARTS) is 1. The number of hydrogen-bond acceptors (Lipinski definition) is 4. The van der Waals surface area contributed by atoms with Gasteiger partial charge in [0.2, 0.25) is 0 Å². The summed E-state index contributed by atoms with van der Waals surface area (Å²) in [7, 11) is 0.345. The lowest BCUT2D eigenvalue weighted by atomic mass is 10.1. The Bertz CT molecular complexity index is 1050. The molecule has 30 heavy (non-hydrogen) atoms. The summed E-state index contributed by atoms with van der Waals surface area (Å²) in [5.74, 6) is 1.09. The number of ether oxygens (including phenoxy) is 2. The van der Waals surface area contributed by atoms with Gasteiger partial charge in [-0.2, -0.15) is 0 Å². The van der Waals surface area contributed by atoms with Gasteiger partial charge >= 0.3 is 5.97 Å². The van der Waals surface area contributed by atoms with E-state index >= 15 is 0 Å². The smallest absolute Gasteiger partial charge is 0.307 e. The molecule has 3 aromatic rings. The highest BCUT2D eigenvalue weighted by Crippen LogP contribution is 2.35. The number of hydrogen-bond donors (Lipinski definition) is 1. The standard InChI is InChI=1S/C23H21ClO5S/c1-28-21-9-7-17(12-23(25)26)11-22(21)29-20-10-8-19(24)13-18(20)15-30(27)14-16-5-3-2-4-6-16/h2-11,13H,12,14-15H2,1H3,(H,25,26). The van der Waals surface area contributed by atoms with Crippen molar-refractivity contribution in [3.63, 3.8) is 0 Å². The zero-order chi connectivity index (χ0) is 21.5. The van der Waals surface area contributed by atoms with Crippen LogP contribution in [0.5, 0.6) is 17.2 Å². The predicted octanol–water partition coefficient (Wildman–Crippen LogP) is 5.22. The van der Waals surface area contributed by atoms with Gasteiger partial charge in [0.15, 0.2) is 11.5 Å². The summed E-state index contributed by atoms with van der Waals surface area (Å²) in [5, 5.41) is 9.56. The quantitative estimate of drug-likeness (QED) is 0.490. The third-order valence-electron chi connectivity index (χ3n) is 4.31. The van der Waals surface area contributed by atoms with E-state index in [9.17, 15) is 9.00 Å². The van der Waals surface area contributed by atoms with Crippen molar-refractivity contribution in [1.82, 2.24) is 0 Å². The molecular formula is C23H21ClO5S. The van der Waals surface area contributed by atoms with Crippen molar-refractivity contribution in [1.29, 1.82) is 0 Å². The largest absolute Gasteiger partial charge is 0.493 e. The van der Waals surface area contributed by atoms with Crippen LogP contribution in [0.1, 0.15) is 16.7 Å². The zero-order valence-electron chi connectivity index (χ0n) is 16.3. The first-order chi connectivity index (χ1) is 14.4. The Morgan fingerprint density at radius 2 is 1.67 bits per heavy atom. The second kappa shape index (κ2) is 10.3. The van der Waals surface area contributed by atoms with Crippen molar-refractivity contribution >= 4 is 28.4 Å². The van der Waals surface area contributed by atoms with Crippen molar-refractivity contribution in [2.45, 2.75) is 17.9 Å². The molecule has 0 heterocycles. The molecule has 3 aromatic carbocycles. The maximum atomic E-state index is 12.7. The number of carbonyl (C=O) groups is 1. The third kappa shape index (κ3) is 6.08. The lowest BCUT2D eigenvalue weighted by molar-refractivity contribution is -0.136. The average Bonchev–Trinajstić information content (AvgIpc) is 2.70. The Kier molecular flexibility index (Phi) is 7.49. The van der Waals surface area contributed by atoms with Crippen molar-refractivity contribution in [3.05, 3.63) is 88.4 Å². The summed E-state index contributed by atoms with van der Waals surface area (Å²) in [5.41, 5.74) is 2.27. The van der Waals surface area contributed by atoms with Gasteiger partial charge in [-0.05, 0) is 41.5 Å². The molecule has 1 atom stereocenters. The average molecular weight is 445 g/mol. The molecule has 0 amide bonds. The van der Waals surface area contributed by atoms with Gasteiger partial charge in [0, 0.05) is 27.1 Å². The molecule has 0 saturated heterocycles. The fourth-order valence-electron chi connectivity index (χ4n) is 2.95. The number of methoxy groups -OCH3 is 1. The van der Waals surface area contributed by atoms with Gasteiger partial charge in [0.25, 0.3) is 0 Å². The Labute approximate surface area is 182 Å². The molecule has 5 nitrogen and oxygen atoms in total. The number of rotatable bonds is 9. The second-order valence-electron chi connectivity index (χ2n) is 6.62. The maximum absolute atomic E-state index is 12.7. The summed E-state index contributed by atoms with van der Waals surface area (Å²) in [6.45, 7) is 0. The highest BCUT2D eigenvalue weighted by Gasteiger charge is 2.14. The highest BCUT2D eigenvalue weighted by atomic mass is 35.5. The summed E-state index contributed by atoms with van der Waals surface area (Å²) >= 11 is 6.16. The van der Waals surface area contributed by atoms with Gasteiger partial charge < -0.3 is 14.6 Å². The minimum Gasteiger partial charge on any atom is -0.493 e. The molecule has 0 spiro atoms. The molecule has 1 N–H and O–H groups in total. The fourth-order valence-corrected chi connectivity index (χ4v) is 4.38. The van der Waals surface area contributed by atoms with Gasteiger partial charge in [0.1, 0.15) is 5.75 Å². The molecule has 0 aromatic heterocycles. The molecule has 0 fully saturated rings. The molecule has 0 aliphatic carbocycles. The maximum Gasteiger partial charge on any atom is 0.307 e. The highest BCUT2D eigenvalue weighted by molar-refractivity contribution is 7.83. The molecule has 7 heteroatoms. The van der Waals surface area contributed by atoms with E-state index in [1.54, 1.807) is 36.4 Å². The third-order valence-corrected chi connectivity index (χ3v) is 5.84. The first-order valence-corrected chi connectivity index (χ1v) is 11.0. The van der Waals surface area contributed by atoms with Crippen molar-refractivity contribution in [2.75, 3.05) is 7.11 Å². The van der Waals surface area contributed by atoms with E-state index in [-0.39, 0.29) is 12.2 Å². The van der Waals surface area contributed by atoms with Gasteiger partial charge in [0.05, 0.1) is 19.3 Å². The lowest BCUT2D eigenvalue weighted by Gasteiger charge is -2.15. The lowest BCUT2D eigenvalue weighted by Crippen LogP contribution is -2.03. The van der Waals surface area contributed by atoms with E-state index in [0.29, 0.717) is 39.2 Å². The molecule has 3 rings (SSSR count). The van der Waals surface area contributed by atoms with Crippen LogP contribution in [0.25, 0.3) is 0 Å².